The lowest BCUT2D eigenvalue weighted by Crippen LogP contribution is -2.70. The highest BCUT2D eigenvalue weighted by Gasteiger charge is 2.85. The molecule has 14 unspecified atom stereocenters. The van der Waals surface area contributed by atoms with Crippen molar-refractivity contribution in [1.29, 1.82) is 0 Å². The molecule has 9 nitrogen and oxygen atoms in total. The summed E-state index contributed by atoms with van der Waals surface area (Å²) in [6, 6.07) is 0.621. The van der Waals surface area contributed by atoms with Crippen LogP contribution in [0.2, 0.25) is 0 Å². The SMILES string of the molecule is CCOC(C1CC(CC)C2C(O1)C(O)C1(N)C3CCC4C(C)(C)C(OC5CN(C6CNC6)CCO5)CCC45CC35CCC21C)C(C)(C)O. The Bertz CT molecular complexity index is 1220. The summed E-state index contributed by atoms with van der Waals surface area (Å²) in [6.07, 6.45) is 8.12. The molecule has 48 heavy (non-hydrogen) atoms. The number of aliphatic hydroxyl groups excluding tert-OH is 1. The number of nitrogens with two attached hydrogens (primary N) is 1. The van der Waals surface area contributed by atoms with Crippen molar-refractivity contribution in [3.63, 3.8) is 0 Å². The fourth-order valence-corrected chi connectivity index (χ4v) is 14.3. The van der Waals surface area contributed by atoms with Gasteiger partial charge in [-0.15, -0.1) is 0 Å². The quantitative estimate of drug-likeness (QED) is 0.303. The molecule has 14 atom stereocenters. The third-order valence-electron chi connectivity index (χ3n) is 16.6. The van der Waals surface area contributed by atoms with Gasteiger partial charge in [0, 0.05) is 38.8 Å². The van der Waals surface area contributed by atoms with E-state index in [1.54, 1.807) is 0 Å². The first-order valence-corrected chi connectivity index (χ1v) is 19.9. The Balaban J connectivity index is 1.04. The fraction of sp³-hybridized carbons (Fsp3) is 1.00. The average molecular weight is 674 g/mol. The van der Waals surface area contributed by atoms with E-state index < -0.39 is 23.3 Å². The topological polar surface area (TPSA) is 119 Å². The van der Waals surface area contributed by atoms with E-state index in [0.717, 1.165) is 71.3 Å². The molecule has 0 aromatic carbocycles. The van der Waals surface area contributed by atoms with Crippen LogP contribution in [0.5, 0.6) is 0 Å². The van der Waals surface area contributed by atoms with Crippen LogP contribution in [0, 0.1) is 45.3 Å². The van der Waals surface area contributed by atoms with Crippen molar-refractivity contribution in [2.45, 2.75) is 160 Å². The predicted molar refractivity (Wildman–Crippen MR) is 184 cm³/mol. The molecule has 5 N–H and O–H groups in total. The smallest absolute Gasteiger partial charge is 0.170 e. The van der Waals surface area contributed by atoms with Crippen molar-refractivity contribution in [3.8, 4) is 0 Å². The number of hydrogen-bond acceptors (Lipinski definition) is 9. The van der Waals surface area contributed by atoms with Crippen LogP contribution in [-0.2, 0) is 18.9 Å². The van der Waals surface area contributed by atoms with E-state index in [1.165, 1.54) is 19.3 Å². The summed E-state index contributed by atoms with van der Waals surface area (Å²) in [5, 5.41) is 27.1. The van der Waals surface area contributed by atoms with E-state index in [0.29, 0.717) is 24.5 Å². The summed E-state index contributed by atoms with van der Waals surface area (Å²) in [7, 11) is 0. The van der Waals surface area contributed by atoms with Gasteiger partial charge < -0.3 is 40.2 Å². The van der Waals surface area contributed by atoms with Gasteiger partial charge in [0.05, 0.1) is 42.2 Å². The van der Waals surface area contributed by atoms with Crippen LogP contribution in [0.4, 0.5) is 0 Å². The standard InChI is InChI=1S/C39H67N3O6/c1-8-23-18-25(33(45-9-2)35(5,6)44)47-31-30(23)36(7)14-15-38-22-37(38)13-12-28(48-29-21-42(16-17-46-29)24-19-41-20-24)34(3,4)26(37)10-11-27(38)39(36,40)32(31)43/h23-33,41,43-44H,8-22,40H2,1-7H3. The molecular weight excluding hydrogens is 606 g/mol. The van der Waals surface area contributed by atoms with Crippen LogP contribution in [0.25, 0.3) is 0 Å². The molecule has 2 spiro atoms. The highest BCUT2D eigenvalue weighted by molar-refractivity contribution is 5.35. The van der Waals surface area contributed by atoms with Gasteiger partial charge in [-0.3, -0.25) is 4.90 Å². The molecule has 3 aliphatic heterocycles. The zero-order valence-corrected chi connectivity index (χ0v) is 31.0. The van der Waals surface area contributed by atoms with Gasteiger partial charge in [-0.05, 0) is 117 Å². The Kier molecular flexibility index (Phi) is 8.37. The van der Waals surface area contributed by atoms with Crippen LogP contribution in [0.3, 0.4) is 0 Å². The number of ether oxygens (including phenoxy) is 4. The van der Waals surface area contributed by atoms with Crippen molar-refractivity contribution < 1.29 is 29.2 Å². The Morgan fingerprint density at radius 2 is 1.77 bits per heavy atom. The molecule has 0 bridgehead atoms. The van der Waals surface area contributed by atoms with E-state index in [2.05, 4.69) is 37.9 Å². The number of fused-ring (bicyclic) bond motifs is 4. The van der Waals surface area contributed by atoms with Crippen LogP contribution in [0.15, 0.2) is 0 Å². The third-order valence-corrected chi connectivity index (χ3v) is 16.6. The zero-order valence-electron chi connectivity index (χ0n) is 31.0. The van der Waals surface area contributed by atoms with Gasteiger partial charge >= 0.3 is 0 Å². The molecule has 0 aromatic heterocycles. The van der Waals surface area contributed by atoms with Crippen molar-refractivity contribution >= 4 is 0 Å². The molecule has 5 aliphatic carbocycles. The summed E-state index contributed by atoms with van der Waals surface area (Å²) in [6.45, 7) is 20.6. The van der Waals surface area contributed by atoms with Crippen molar-refractivity contribution in [2.75, 3.05) is 39.4 Å². The average Bonchev–Trinajstić information content (AvgIpc) is 3.64. The van der Waals surface area contributed by atoms with Gasteiger partial charge in [0.1, 0.15) is 6.10 Å². The molecule has 3 heterocycles. The molecule has 0 amide bonds. The lowest BCUT2D eigenvalue weighted by Gasteiger charge is -2.63. The Labute approximate surface area is 289 Å². The van der Waals surface area contributed by atoms with Crippen molar-refractivity contribution in [1.82, 2.24) is 10.2 Å². The largest absolute Gasteiger partial charge is 0.388 e. The van der Waals surface area contributed by atoms with Crippen LogP contribution < -0.4 is 11.1 Å². The Hall–Kier alpha value is -0.360. The van der Waals surface area contributed by atoms with Crippen molar-refractivity contribution in [3.05, 3.63) is 0 Å². The maximum atomic E-state index is 12.6. The first kappa shape index (κ1) is 34.7. The first-order valence-electron chi connectivity index (χ1n) is 19.9. The fourth-order valence-electron chi connectivity index (χ4n) is 14.3. The Morgan fingerprint density at radius 3 is 2.44 bits per heavy atom. The molecule has 5 saturated carbocycles. The third kappa shape index (κ3) is 4.60. The maximum absolute atomic E-state index is 12.6. The summed E-state index contributed by atoms with van der Waals surface area (Å²) in [5.41, 5.74) is 6.48. The van der Waals surface area contributed by atoms with Gasteiger partial charge in [0.25, 0.3) is 0 Å². The molecular formula is C39H67N3O6. The van der Waals surface area contributed by atoms with E-state index >= 15 is 0 Å². The van der Waals surface area contributed by atoms with Crippen molar-refractivity contribution in [2.24, 2.45) is 51.1 Å². The number of nitrogens with one attached hydrogen (secondary N) is 1. The zero-order chi connectivity index (χ0) is 34.1. The lowest BCUT2D eigenvalue weighted by molar-refractivity contribution is -0.249. The monoisotopic (exact) mass is 674 g/mol. The lowest BCUT2D eigenvalue weighted by atomic mass is 9.43. The normalized spacial score (nSPS) is 52.2. The molecule has 8 fully saturated rings. The van der Waals surface area contributed by atoms with Gasteiger partial charge in [0.2, 0.25) is 0 Å². The van der Waals surface area contributed by atoms with Gasteiger partial charge in [-0.1, -0.05) is 34.1 Å². The number of morpholine rings is 1. The van der Waals surface area contributed by atoms with Gasteiger partial charge in [0.15, 0.2) is 6.29 Å². The molecule has 8 aliphatic rings. The summed E-state index contributed by atoms with van der Waals surface area (Å²) < 4.78 is 26.2. The maximum Gasteiger partial charge on any atom is 0.170 e. The molecule has 0 aromatic rings. The van der Waals surface area contributed by atoms with Gasteiger partial charge in [-0.25, -0.2) is 0 Å². The van der Waals surface area contributed by atoms with Gasteiger partial charge in [-0.2, -0.15) is 0 Å². The number of nitrogens with zero attached hydrogens (tertiary/aromatic N) is 1. The molecule has 274 valence electrons. The summed E-state index contributed by atoms with van der Waals surface area (Å²) in [5.74, 6) is 1.45. The first-order chi connectivity index (χ1) is 22.7. The number of aliphatic hydroxyl groups is 2. The van der Waals surface area contributed by atoms with E-state index in [1.807, 2.05) is 20.8 Å². The van der Waals surface area contributed by atoms with Crippen LogP contribution in [0.1, 0.15) is 106 Å². The predicted octanol–water partition coefficient (Wildman–Crippen LogP) is 4.07. The second-order valence-electron chi connectivity index (χ2n) is 19.2. The molecule has 8 rings (SSSR count). The minimum Gasteiger partial charge on any atom is -0.388 e. The highest BCUT2D eigenvalue weighted by atomic mass is 16.7. The van der Waals surface area contributed by atoms with Crippen LogP contribution >= 0.6 is 0 Å². The molecule has 3 saturated heterocycles. The minimum atomic E-state index is -1.04. The van der Waals surface area contributed by atoms with Crippen LogP contribution in [-0.4, -0.2) is 108 Å². The molecule has 0 radical (unpaired) electrons. The summed E-state index contributed by atoms with van der Waals surface area (Å²) in [4.78, 5) is 2.56. The highest BCUT2D eigenvalue weighted by Crippen LogP contribution is 2.87. The number of rotatable bonds is 8. The second-order valence-corrected chi connectivity index (χ2v) is 19.2. The molecule has 9 heteroatoms. The second kappa shape index (κ2) is 11.6. The minimum absolute atomic E-state index is 0.0518. The van der Waals surface area contributed by atoms with E-state index in [4.69, 9.17) is 24.7 Å². The summed E-state index contributed by atoms with van der Waals surface area (Å²) >= 11 is 0. The Morgan fingerprint density at radius 1 is 1.04 bits per heavy atom. The van der Waals surface area contributed by atoms with E-state index in [-0.39, 0.29) is 58.1 Å². The number of hydrogen-bond donors (Lipinski definition) is 4. The van der Waals surface area contributed by atoms with E-state index in [9.17, 15) is 10.2 Å².